The molecule has 0 saturated carbocycles. The number of amides is 2. The number of rotatable bonds is 6. The summed E-state index contributed by atoms with van der Waals surface area (Å²) in [6.07, 6.45) is 0.449. The standard InChI is InChI=1S/C25H26F3N5O3/c1-3-17-12-19(4-5-20(17)25(26,27)28)30-24(35)33-8-6-18(7-9-33)23-15(2)10-16(13-29-23)11-21-31-32-22(14-34)36-21/h4-6,10,12-13,34H,3,7-9,11,14H2,1-2H3,(H,30,35). The van der Waals surface area contributed by atoms with Crippen LogP contribution in [0.5, 0.6) is 0 Å². The first-order valence-corrected chi connectivity index (χ1v) is 11.5. The molecule has 2 amide bonds. The van der Waals surface area contributed by atoms with Crippen LogP contribution in [-0.4, -0.2) is 44.3 Å². The Morgan fingerprint density at radius 1 is 1.22 bits per heavy atom. The van der Waals surface area contributed by atoms with Gasteiger partial charge in [-0.2, -0.15) is 13.2 Å². The molecule has 11 heteroatoms. The predicted octanol–water partition coefficient (Wildman–Crippen LogP) is 4.76. The number of urea groups is 1. The van der Waals surface area contributed by atoms with E-state index in [4.69, 9.17) is 9.52 Å². The summed E-state index contributed by atoms with van der Waals surface area (Å²) in [7, 11) is 0. The minimum atomic E-state index is -4.43. The van der Waals surface area contributed by atoms with Gasteiger partial charge >= 0.3 is 12.2 Å². The van der Waals surface area contributed by atoms with Gasteiger partial charge in [0.1, 0.15) is 6.61 Å². The highest BCUT2D eigenvalue weighted by Gasteiger charge is 2.33. The first-order valence-electron chi connectivity index (χ1n) is 11.5. The number of anilines is 1. The third kappa shape index (κ3) is 5.73. The van der Waals surface area contributed by atoms with Gasteiger partial charge in [0, 0.05) is 25.0 Å². The van der Waals surface area contributed by atoms with Crippen LogP contribution < -0.4 is 5.32 Å². The van der Waals surface area contributed by atoms with E-state index < -0.39 is 11.7 Å². The third-order valence-electron chi connectivity index (χ3n) is 5.98. The number of hydrogen-bond acceptors (Lipinski definition) is 6. The van der Waals surface area contributed by atoms with Crippen LogP contribution >= 0.6 is 0 Å². The quantitative estimate of drug-likeness (QED) is 0.505. The van der Waals surface area contributed by atoms with Gasteiger partial charge in [-0.05, 0) is 60.2 Å². The van der Waals surface area contributed by atoms with Gasteiger partial charge in [0.2, 0.25) is 11.8 Å². The minimum Gasteiger partial charge on any atom is -0.422 e. The maximum Gasteiger partial charge on any atom is 0.416 e. The first kappa shape index (κ1) is 25.4. The van der Waals surface area contributed by atoms with Gasteiger partial charge in [0.05, 0.1) is 17.7 Å². The second-order valence-corrected chi connectivity index (χ2v) is 8.51. The van der Waals surface area contributed by atoms with Gasteiger partial charge in [0.15, 0.2) is 0 Å². The summed E-state index contributed by atoms with van der Waals surface area (Å²) in [6, 6.07) is 5.28. The number of aliphatic hydroxyl groups is 1. The number of benzene rings is 1. The summed E-state index contributed by atoms with van der Waals surface area (Å²) in [6.45, 7) is 4.10. The Morgan fingerprint density at radius 2 is 2.00 bits per heavy atom. The zero-order valence-corrected chi connectivity index (χ0v) is 19.9. The number of aliphatic hydroxyl groups excluding tert-OH is 1. The molecule has 0 radical (unpaired) electrons. The maximum atomic E-state index is 13.1. The predicted molar refractivity (Wildman–Crippen MR) is 126 cm³/mol. The number of hydrogen-bond donors (Lipinski definition) is 2. The zero-order chi connectivity index (χ0) is 25.9. The van der Waals surface area contributed by atoms with E-state index in [0.717, 1.165) is 28.5 Å². The summed E-state index contributed by atoms with van der Waals surface area (Å²) in [4.78, 5) is 18.9. The lowest BCUT2D eigenvalue weighted by Crippen LogP contribution is -2.38. The molecule has 8 nitrogen and oxygen atoms in total. The summed E-state index contributed by atoms with van der Waals surface area (Å²) in [5.41, 5.74) is 3.51. The molecule has 190 valence electrons. The summed E-state index contributed by atoms with van der Waals surface area (Å²) < 4.78 is 44.7. The van der Waals surface area contributed by atoms with Crippen LogP contribution in [0.15, 0.2) is 41.0 Å². The van der Waals surface area contributed by atoms with E-state index in [1.807, 2.05) is 19.1 Å². The molecule has 1 aliphatic heterocycles. The molecule has 3 aromatic rings. The summed E-state index contributed by atoms with van der Waals surface area (Å²) >= 11 is 0. The molecule has 0 unspecified atom stereocenters. The van der Waals surface area contributed by atoms with E-state index >= 15 is 0 Å². The molecule has 36 heavy (non-hydrogen) atoms. The highest BCUT2D eigenvalue weighted by atomic mass is 19.4. The number of nitrogens with zero attached hydrogens (tertiary/aromatic N) is 4. The van der Waals surface area contributed by atoms with E-state index in [1.54, 1.807) is 18.0 Å². The van der Waals surface area contributed by atoms with Crippen LogP contribution in [0.4, 0.5) is 23.7 Å². The number of aromatic nitrogens is 3. The molecule has 1 aliphatic rings. The monoisotopic (exact) mass is 501 g/mol. The molecule has 3 heterocycles. The lowest BCUT2D eigenvalue weighted by Gasteiger charge is -2.27. The molecule has 0 aliphatic carbocycles. The van der Waals surface area contributed by atoms with Crippen molar-refractivity contribution in [2.75, 3.05) is 18.4 Å². The number of pyridine rings is 1. The van der Waals surface area contributed by atoms with Crippen LogP contribution in [0.3, 0.4) is 0 Å². The topological polar surface area (TPSA) is 104 Å². The molecule has 0 bridgehead atoms. The lowest BCUT2D eigenvalue weighted by molar-refractivity contribution is -0.138. The molecule has 0 spiro atoms. The molecular weight excluding hydrogens is 475 g/mol. The zero-order valence-electron chi connectivity index (χ0n) is 19.9. The van der Waals surface area contributed by atoms with Crippen molar-refractivity contribution in [2.24, 2.45) is 0 Å². The Hall–Kier alpha value is -3.73. The molecular formula is C25H26F3N5O3. The SMILES string of the molecule is CCc1cc(NC(=O)N2CC=C(c3ncc(Cc4nnc(CO)o4)cc3C)CC2)ccc1C(F)(F)F. The van der Waals surface area contributed by atoms with E-state index in [-0.39, 0.29) is 30.5 Å². The lowest BCUT2D eigenvalue weighted by atomic mass is 9.99. The second kappa shape index (κ2) is 10.5. The van der Waals surface area contributed by atoms with Crippen LogP contribution in [0.1, 0.15) is 53.1 Å². The van der Waals surface area contributed by atoms with Crippen molar-refractivity contribution in [3.63, 3.8) is 0 Å². The fourth-order valence-electron chi connectivity index (χ4n) is 4.18. The maximum absolute atomic E-state index is 13.1. The fraction of sp³-hybridized carbons (Fsp3) is 0.360. The molecule has 2 aromatic heterocycles. The average Bonchev–Trinajstić information content (AvgIpc) is 3.31. The summed E-state index contributed by atoms with van der Waals surface area (Å²) in [5, 5.41) is 19.4. The van der Waals surface area contributed by atoms with E-state index in [0.29, 0.717) is 37.5 Å². The normalized spacial score (nSPS) is 14.1. The minimum absolute atomic E-state index is 0.138. The van der Waals surface area contributed by atoms with Crippen molar-refractivity contribution in [2.45, 2.75) is 45.9 Å². The average molecular weight is 502 g/mol. The number of aryl methyl sites for hydroxylation is 2. The third-order valence-corrected chi connectivity index (χ3v) is 5.98. The number of halogens is 3. The fourth-order valence-corrected chi connectivity index (χ4v) is 4.18. The Balaban J connectivity index is 1.39. The van der Waals surface area contributed by atoms with Crippen molar-refractivity contribution < 1.29 is 27.5 Å². The van der Waals surface area contributed by atoms with Gasteiger partial charge < -0.3 is 19.7 Å². The van der Waals surface area contributed by atoms with Gasteiger partial charge in [-0.3, -0.25) is 4.98 Å². The molecule has 2 N–H and O–H groups in total. The van der Waals surface area contributed by atoms with Crippen molar-refractivity contribution in [1.82, 2.24) is 20.1 Å². The van der Waals surface area contributed by atoms with Crippen LogP contribution in [0.25, 0.3) is 5.57 Å². The van der Waals surface area contributed by atoms with Crippen molar-refractivity contribution in [3.8, 4) is 0 Å². The highest BCUT2D eigenvalue weighted by Crippen LogP contribution is 2.34. The molecule has 0 saturated heterocycles. The van der Waals surface area contributed by atoms with E-state index in [9.17, 15) is 18.0 Å². The molecule has 0 fully saturated rings. The number of nitrogens with one attached hydrogen (secondary N) is 1. The Kier molecular flexibility index (Phi) is 7.39. The Labute approximate surface area is 205 Å². The first-order chi connectivity index (χ1) is 17.2. The number of carbonyl (C=O) groups is 1. The molecule has 1 aromatic carbocycles. The largest absolute Gasteiger partial charge is 0.422 e. The molecule has 4 rings (SSSR count). The van der Waals surface area contributed by atoms with Gasteiger partial charge in [0.25, 0.3) is 0 Å². The second-order valence-electron chi connectivity index (χ2n) is 8.51. The van der Waals surface area contributed by atoms with Crippen molar-refractivity contribution in [1.29, 1.82) is 0 Å². The number of carbonyl (C=O) groups excluding carboxylic acids is 1. The van der Waals surface area contributed by atoms with Gasteiger partial charge in [-0.25, -0.2) is 4.79 Å². The Bertz CT molecular complexity index is 1290. The van der Waals surface area contributed by atoms with E-state index in [1.165, 1.54) is 12.1 Å². The molecule has 0 atom stereocenters. The van der Waals surface area contributed by atoms with E-state index in [2.05, 4.69) is 20.5 Å². The van der Waals surface area contributed by atoms with Crippen LogP contribution in [-0.2, 0) is 25.6 Å². The van der Waals surface area contributed by atoms with Crippen molar-refractivity contribution >= 4 is 17.3 Å². The van der Waals surface area contributed by atoms with Crippen LogP contribution in [0.2, 0.25) is 0 Å². The number of alkyl halides is 3. The van der Waals surface area contributed by atoms with Crippen molar-refractivity contribution in [3.05, 3.63) is 76.3 Å². The Morgan fingerprint density at radius 3 is 2.61 bits per heavy atom. The highest BCUT2D eigenvalue weighted by molar-refractivity contribution is 5.90. The smallest absolute Gasteiger partial charge is 0.416 e. The van der Waals surface area contributed by atoms with Gasteiger partial charge in [-0.15, -0.1) is 10.2 Å². The van der Waals surface area contributed by atoms with Crippen LogP contribution in [0, 0.1) is 6.92 Å². The summed E-state index contributed by atoms with van der Waals surface area (Å²) in [5.74, 6) is 0.557. The van der Waals surface area contributed by atoms with Gasteiger partial charge in [-0.1, -0.05) is 19.1 Å².